The van der Waals surface area contributed by atoms with Crippen molar-refractivity contribution < 1.29 is 9.53 Å². The van der Waals surface area contributed by atoms with Gasteiger partial charge in [0.1, 0.15) is 18.1 Å². The van der Waals surface area contributed by atoms with Gasteiger partial charge < -0.3 is 4.74 Å². The minimum absolute atomic E-state index is 0.172. The van der Waals surface area contributed by atoms with Crippen LogP contribution < -0.4 is 4.74 Å². The van der Waals surface area contributed by atoms with Gasteiger partial charge in [-0.3, -0.25) is 4.79 Å². The molecule has 19 heavy (non-hydrogen) atoms. The number of Topliss-reactive ketones (excluding diaryl/α,β-unsaturated/α-hetero) is 1. The van der Waals surface area contributed by atoms with Crippen molar-refractivity contribution in [2.45, 2.75) is 19.3 Å². The number of hydrogen-bond acceptors (Lipinski definition) is 3. The summed E-state index contributed by atoms with van der Waals surface area (Å²) >= 11 is 0. The molecule has 2 rings (SSSR count). The van der Waals surface area contributed by atoms with Crippen LogP contribution in [0.25, 0.3) is 0 Å². The molecule has 94 valence electrons. The Hall–Kier alpha value is -2.10. The van der Waals surface area contributed by atoms with E-state index in [1.807, 2.05) is 30.3 Å². The van der Waals surface area contributed by atoms with Crippen LogP contribution in [-0.4, -0.2) is 18.6 Å². The predicted molar refractivity (Wildman–Crippen MR) is 74.5 cm³/mol. The Balaban J connectivity index is 1.98. The van der Waals surface area contributed by atoms with E-state index in [2.05, 4.69) is 4.98 Å². The van der Waals surface area contributed by atoms with E-state index < -0.39 is 5.82 Å². The molecule has 1 heterocycles. The number of carbonyl (C=O) groups is 1. The molecule has 0 N–H and O–H groups in total. The van der Waals surface area contributed by atoms with Gasteiger partial charge in [-0.15, -0.1) is 0 Å². The highest BCUT2D eigenvalue weighted by Gasteiger charge is 2.11. The van der Waals surface area contributed by atoms with Crippen molar-refractivity contribution in [2.75, 3.05) is 0 Å². The summed E-state index contributed by atoms with van der Waals surface area (Å²) in [5.74, 6) is -0.0803. The second kappa shape index (κ2) is 6.18. The lowest BCUT2D eigenvalue weighted by Crippen LogP contribution is -2.07. The molecule has 0 saturated carbocycles. The lowest BCUT2D eigenvalue weighted by molar-refractivity contribution is 0.0984. The normalized spacial score (nSPS) is 11.8. The Morgan fingerprint density at radius 3 is 2.58 bits per heavy atom. The van der Waals surface area contributed by atoms with E-state index in [0.717, 1.165) is 5.56 Å². The van der Waals surface area contributed by atoms with Crippen molar-refractivity contribution in [2.24, 2.45) is 0 Å². The van der Waals surface area contributed by atoms with Crippen LogP contribution in [0.2, 0.25) is 5.82 Å². The van der Waals surface area contributed by atoms with Crippen LogP contribution in [0.15, 0.2) is 48.7 Å². The Labute approximate surface area is 114 Å². The summed E-state index contributed by atoms with van der Waals surface area (Å²) in [6.45, 7) is 2.12. The summed E-state index contributed by atoms with van der Waals surface area (Å²) < 4.78 is 5.58. The van der Waals surface area contributed by atoms with Gasteiger partial charge in [-0.2, -0.15) is 0 Å². The first-order chi connectivity index (χ1) is 9.16. The molecule has 0 aliphatic heterocycles. The fourth-order valence-corrected chi connectivity index (χ4v) is 1.59. The van der Waals surface area contributed by atoms with Crippen molar-refractivity contribution in [3.05, 3.63) is 59.9 Å². The van der Waals surface area contributed by atoms with Crippen LogP contribution in [0.1, 0.15) is 23.0 Å². The van der Waals surface area contributed by atoms with Crippen molar-refractivity contribution in [1.29, 1.82) is 0 Å². The Bertz CT molecular complexity index is 538. The fourth-order valence-electron chi connectivity index (χ4n) is 1.59. The SMILES string of the molecule is [B]C(C)C(=O)c1ccc(OCc2ccccc2)cn1. The van der Waals surface area contributed by atoms with Gasteiger partial charge in [0.2, 0.25) is 0 Å². The number of hydrogen-bond donors (Lipinski definition) is 0. The zero-order valence-electron chi connectivity index (χ0n) is 10.7. The van der Waals surface area contributed by atoms with Gasteiger partial charge in [0.25, 0.3) is 0 Å². The first kappa shape index (κ1) is 13.3. The molecule has 1 unspecified atom stereocenters. The summed E-state index contributed by atoms with van der Waals surface area (Å²) in [5.41, 5.74) is 1.44. The predicted octanol–water partition coefficient (Wildman–Crippen LogP) is 2.82. The standard InChI is InChI=1S/C15H14BNO2/c1-11(16)15(18)14-8-7-13(9-17-14)19-10-12-5-3-2-4-6-12/h2-9,11H,10H2,1H3. The Morgan fingerprint density at radius 2 is 2.00 bits per heavy atom. The number of ketones is 1. The topological polar surface area (TPSA) is 39.2 Å². The molecule has 0 saturated heterocycles. The van der Waals surface area contributed by atoms with Gasteiger partial charge in [0, 0.05) is 0 Å². The number of aromatic nitrogens is 1. The first-order valence-electron chi connectivity index (χ1n) is 6.09. The molecule has 4 heteroatoms. The van der Waals surface area contributed by atoms with Crippen LogP contribution in [0.3, 0.4) is 0 Å². The first-order valence-corrected chi connectivity index (χ1v) is 6.09. The fraction of sp³-hybridized carbons (Fsp3) is 0.200. The average Bonchev–Trinajstić information content (AvgIpc) is 2.46. The summed E-state index contributed by atoms with van der Waals surface area (Å²) in [6, 6.07) is 13.2. The molecule has 2 radical (unpaired) electrons. The molecule has 1 aromatic heterocycles. The minimum atomic E-state index is -0.538. The number of ether oxygens (including phenoxy) is 1. The van der Waals surface area contributed by atoms with Crippen molar-refractivity contribution in [3.63, 3.8) is 0 Å². The average molecular weight is 251 g/mol. The third-order valence-electron chi connectivity index (χ3n) is 2.65. The van der Waals surface area contributed by atoms with Crippen LogP contribution in [-0.2, 0) is 6.61 Å². The second-order valence-electron chi connectivity index (χ2n) is 4.31. The molecular formula is C15H14BNO2. The molecule has 0 fully saturated rings. The van der Waals surface area contributed by atoms with E-state index >= 15 is 0 Å². The number of rotatable bonds is 5. The Morgan fingerprint density at radius 1 is 1.26 bits per heavy atom. The van der Waals surface area contributed by atoms with Gasteiger partial charge >= 0.3 is 0 Å². The lowest BCUT2D eigenvalue weighted by atomic mass is 9.84. The van der Waals surface area contributed by atoms with Crippen molar-refractivity contribution in [3.8, 4) is 5.75 Å². The lowest BCUT2D eigenvalue weighted by Gasteiger charge is -2.07. The van der Waals surface area contributed by atoms with Crippen LogP contribution >= 0.6 is 0 Å². The maximum Gasteiger partial charge on any atom is 0.175 e. The number of carbonyl (C=O) groups excluding carboxylic acids is 1. The van der Waals surface area contributed by atoms with E-state index in [1.54, 1.807) is 25.3 Å². The zero-order valence-corrected chi connectivity index (χ0v) is 10.7. The van der Waals surface area contributed by atoms with Gasteiger partial charge in [-0.1, -0.05) is 37.3 Å². The monoisotopic (exact) mass is 251 g/mol. The minimum Gasteiger partial charge on any atom is -0.487 e. The molecule has 0 spiro atoms. The highest BCUT2D eigenvalue weighted by Crippen LogP contribution is 2.14. The summed E-state index contributed by atoms with van der Waals surface area (Å²) in [6.07, 6.45) is 1.54. The molecule has 1 atom stereocenters. The third-order valence-corrected chi connectivity index (χ3v) is 2.65. The molecule has 2 aromatic rings. The van der Waals surface area contributed by atoms with Crippen molar-refractivity contribution >= 4 is 13.6 Å². The van der Waals surface area contributed by atoms with E-state index in [1.165, 1.54) is 0 Å². The summed E-state index contributed by atoms with van der Waals surface area (Å²) in [5, 5.41) is 0. The van der Waals surface area contributed by atoms with Crippen LogP contribution in [0.5, 0.6) is 5.75 Å². The van der Waals surface area contributed by atoms with Crippen LogP contribution in [0.4, 0.5) is 0 Å². The molecule has 0 bridgehead atoms. The third kappa shape index (κ3) is 3.68. The molecule has 0 aliphatic rings. The van der Waals surface area contributed by atoms with Gasteiger partial charge in [-0.25, -0.2) is 4.98 Å². The Kier molecular flexibility index (Phi) is 4.34. The number of benzene rings is 1. The van der Waals surface area contributed by atoms with Gasteiger partial charge in [-0.05, 0) is 23.5 Å². The molecule has 0 amide bonds. The zero-order chi connectivity index (χ0) is 13.7. The maximum atomic E-state index is 11.6. The largest absolute Gasteiger partial charge is 0.487 e. The van der Waals surface area contributed by atoms with Gasteiger partial charge in [0.15, 0.2) is 5.78 Å². The van der Waals surface area contributed by atoms with Crippen LogP contribution in [0, 0.1) is 0 Å². The van der Waals surface area contributed by atoms with E-state index in [4.69, 9.17) is 12.6 Å². The highest BCUT2D eigenvalue weighted by atomic mass is 16.5. The molecular weight excluding hydrogens is 237 g/mol. The highest BCUT2D eigenvalue weighted by molar-refractivity contribution is 6.27. The van der Waals surface area contributed by atoms with E-state index in [-0.39, 0.29) is 5.78 Å². The maximum absolute atomic E-state index is 11.6. The molecule has 3 nitrogen and oxygen atoms in total. The van der Waals surface area contributed by atoms with E-state index in [0.29, 0.717) is 18.1 Å². The second-order valence-corrected chi connectivity index (χ2v) is 4.31. The molecule has 1 aromatic carbocycles. The quantitative estimate of drug-likeness (QED) is 0.605. The summed E-state index contributed by atoms with van der Waals surface area (Å²) in [7, 11) is 5.52. The van der Waals surface area contributed by atoms with Crippen molar-refractivity contribution in [1.82, 2.24) is 4.98 Å². The number of pyridine rings is 1. The summed E-state index contributed by atoms with van der Waals surface area (Å²) in [4.78, 5) is 15.7. The van der Waals surface area contributed by atoms with Gasteiger partial charge in [0.05, 0.1) is 14.0 Å². The number of nitrogens with zero attached hydrogens (tertiary/aromatic N) is 1. The molecule has 0 aliphatic carbocycles. The smallest absolute Gasteiger partial charge is 0.175 e. The van der Waals surface area contributed by atoms with E-state index in [9.17, 15) is 4.79 Å².